The van der Waals surface area contributed by atoms with Crippen LogP contribution in [0.25, 0.3) is 0 Å². The van der Waals surface area contributed by atoms with Crippen molar-refractivity contribution in [2.75, 3.05) is 11.9 Å². The van der Waals surface area contributed by atoms with Gasteiger partial charge in [0.05, 0.1) is 11.3 Å². The van der Waals surface area contributed by atoms with Crippen molar-refractivity contribution in [1.29, 1.82) is 5.26 Å². The van der Waals surface area contributed by atoms with E-state index in [4.69, 9.17) is 5.26 Å². The highest BCUT2D eigenvalue weighted by molar-refractivity contribution is 5.62. The molecule has 0 aliphatic carbocycles. The Bertz CT molecular complexity index is 523. The van der Waals surface area contributed by atoms with Crippen molar-refractivity contribution in [3.63, 3.8) is 0 Å². The van der Waals surface area contributed by atoms with Gasteiger partial charge in [0.2, 0.25) is 0 Å². The second-order valence-corrected chi connectivity index (χ2v) is 3.82. The number of rotatable bonds is 4. The highest BCUT2D eigenvalue weighted by Crippen LogP contribution is 2.19. The van der Waals surface area contributed by atoms with Crippen LogP contribution in [0.3, 0.4) is 0 Å². The van der Waals surface area contributed by atoms with E-state index in [2.05, 4.69) is 21.4 Å². The number of aromatic nitrogens is 2. The summed E-state index contributed by atoms with van der Waals surface area (Å²) in [6.45, 7) is 2.75. The molecule has 0 aliphatic rings. The quantitative estimate of drug-likeness (QED) is 0.840. The van der Waals surface area contributed by atoms with Gasteiger partial charge in [0.15, 0.2) is 0 Å². The molecule has 0 saturated heterocycles. The second-order valence-electron chi connectivity index (χ2n) is 3.82. The standard InChI is InChI=1S/C13H14N4/c1-10-3-2-4-11(9-14)13(10)17-6-5-12-15-7-8-16-12/h2-4,7-8,17H,5-6H2,1H3,(H,15,16). The molecule has 86 valence electrons. The summed E-state index contributed by atoms with van der Waals surface area (Å²) in [7, 11) is 0. The smallest absolute Gasteiger partial charge is 0.107 e. The summed E-state index contributed by atoms with van der Waals surface area (Å²) < 4.78 is 0. The van der Waals surface area contributed by atoms with Gasteiger partial charge in [0.1, 0.15) is 11.9 Å². The SMILES string of the molecule is Cc1cccc(C#N)c1NCCc1ncc[nH]1. The predicted octanol–water partition coefficient (Wildman–Crippen LogP) is 2.24. The monoisotopic (exact) mass is 226 g/mol. The maximum absolute atomic E-state index is 9.02. The molecule has 0 unspecified atom stereocenters. The van der Waals surface area contributed by atoms with Crippen LogP contribution < -0.4 is 5.32 Å². The number of benzene rings is 1. The maximum atomic E-state index is 9.02. The Balaban J connectivity index is 2.02. The van der Waals surface area contributed by atoms with Gasteiger partial charge in [-0.3, -0.25) is 0 Å². The van der Waals surface area contributed by atoms with E-state index in [1.54, 1.807) is 6.20 Å². The lowest BCUT2D eigenvalue weighted by atomic mass is 10.1. The molecule has 0 aliphatic heterocycles. The fourth-order valence-corrected chi connectivity index (χ4v) is 1.74. The first-order valence-electron chi connectivity index (χ1n) is 5.53. The molecule has 0 fully saturated rings. The van der Waals surface area contributed by atoms with E-state index in [1.807, 2.05) is 31.3 Å². The molecule has 0 saturated carbocycles. The van der Waals surface area contributed by atoms with Crippen molar-refractivity contribution in [2.24, 2.45) is 0 Å². The number of nitrogens with one attached hydrogen (secondary N) is 2. The zero-order valence-corrected chi connectivity index (χ0v) is 9.70. The van der Waals surface area contributed by atoms with E-state index in [1.165, 1.54) is 0 Å². The van der Waals surface area contributed by atoms with Crippen LogP contribution in [0.5, 0.6) is 0 Å². The minimum atomic E-state index is 0.685. The minimum absolute atomic E-state index is 0.685. The van der Waals surface area contributed by atoms with Crippen LogP contribution in [0.2, 0.25) is 0 Å². The molecular weight excluding hydrogens is 212 g/mol. The average molecular weight is 226 g/mol. The molecule has 4 heteroatoms. The molecule has 0 radical (unpaired) electrons. The summed E-state index contributed by atoms with van der Waals surface area (Å²) in [5.41, 5.74) is 2.69. The summed E-state index contributed by atoms with van der Waals surface area (Å²) in [4.78, 5) is 7.20. The third-order valence-electron chi connectivity index (χ3n) is 2.61. The number of nitriles is 1. The number of imidazole rings is 1. The van der Waals surface area contributed by atoms with Crippen LogP contribution >= 0.6 is 0 Å². The number of hydrogen-bond donors (Lipinski definition) is 2. The summed E-state index contributed by atoms with van der Waals surface area (Å²) in [6, 6.07) is 7.91. The van der Waals surface area contributed by atoms with Gasteiger partial charge in [-0.15, -0.1) is 0 Å². The average Bonchev–Trinajstić information content (AvgIpc) is 2.84. The van der Waals surface area contributed by atoms with Crippen molar-refractivity contribution in [2.45, 2.75) is 13.3 Å². The second kappa shape index (κ2) is 5.17. The lowest BCUT2D eigenvalue weighted by Gasteiger charge is -2.10. The number of para-hydroxylation sites is 1. The van der Waals surface area contributed by atoms with E-state index in [9.17, 15) is 0 Å². The van der Waals surface area contributed by atoms with Crippen molar-refractivity contribution in [1.82, 2.24) is 9.97 Å². The number of H-pyrrole nitrogens is 1. The van der Waals surface area contributed by atoms with Gasteiger partial charge in [0, 0.05) is 25.4 Å². The molecular formula is C13H14N4. The lowest BCUT2D eigenvalue weighted by Crippen LogP contribution is -2.08. The molecule has 2 aromatic rings. The number of hydrogen-bond acceptors (Lipinski definition) is 3. The van der Waals surface area contributed by atoms with E-state index in [-0.39, 0.29) is 0 Å². The summed E-state index contributed by atoms with van der Waals surface area (Å²) in [5.74, 6) is 0.949. The van der Waals surface area contributed by atoms with Gasteiger partial charge in [0.25, 0.3) is 0 Å². The van der Waals surface area contributed by atoms with Crippen molar-refractivity contribution < 1.29 is 0 Å². The zero-order valence-electron chi connectivity index (χ0n) is 9.70. The van der Waals surface area contributed by atoms with E-state index < -0.39 is 0 Å². The predicted molar refractivity (Wildman–Crippen MR) is 66.7 cm³/mol. The Kier molecular flexibility index (Phi) is 3.41. The lowest BCUT2D eigenvalue weighted by molar-refractivity contribution is 0.926. The largest absolute Gasteiger partial charge is 0.383 e. The van der Waals surface area contributed by atoms with Gasteiger partial charge >= 0.3 is 0 Å². The van der Waals surface area contributed by atoms with Crippen LogP contribution in [0.1, 0.15) is 17.0 Å². The van der Waals surface area contributed by atoms with Crippen LogP contribution in [-0.2, 0) is 6.42 Å². The molecule has 0 atom stereocenters. The topological polar surface area (TPSA) is 64.5 Å². The third-order valence-corrected chi connectivity index (χ3v) is 2.61. The van der Waals surface area contributed by atoms with Gasteiger partial charge in [-0.1, -0.05) is 12.1 Å². The molecule has 17 heavy (non-hydrogen) atoms. The van der Waals surface area contributed by atoms with Crippen LogP contribution in [0.4, 0.5) is 5.69 Å². The maximum Gasteiger partial charge on any atom is 0.107 e. The molecule has 1 aromatic heterocycles. The number of aryl methyl sites for hydroxylation is 1. The summed E-state index contributed by atoms with van der Waals surface area (Å²) >= 11 is 0. The van der Waals surface area contributed by atoms with E-state index in [0.29, 0.717) is 5.56 Å². The molecule has 1 heterocycles. The van der Waals surface area contributed by atoms with Crippen LogP contribution in [0, 0.1) is 18.3 Å². The molecule has 4 nitrogen and oxygen atoms in total. The van der Waals surface area contributed by atoms with Gasteiger partial charge in [-0.25, -0.2) is 4.98 Å². The Labute approximate surface area is 100 Å². The molecule has 0 amide bonds. The number of nitrogens with zero attached hydrogens (tertiary/aromatic N) is 2. The fourth-order valence-electron chi connectivity index (χ4n) is 1.74. The number of anilines is 1. The first kappa shape index (κ1) is 11.2. The first-order chi connectivity index (χ1) is 8.31. The number of aromatic amines is 1. The highest BCUT2D eigenvalue weighted by Gasteiger charge is 2.04. The van der Waals surface area contributed by atoms with Crippen LogP contribution in [-0.4, -0.2) is 16.5 Å². The molecule has 0 bridgehead atoms. The third kappa shape index (κ3) is 2.64. The van der Waals surface area contributed by atoms with Gasteiger partial charge < -0.3 is 10.3 Å². The Morgan fingerprint density at radius 3 is 3.06 bits per heavy atom. The van der Waals surface area contributed by atoms with Gasteiger partial charge in [-0.2, -0.15) is 5.26 Å². The summed E-state index contributed by atoms with van der Waals surface area (Å²) in [6.07, 6.45) is 4.36. The Hall–Kier alpha value is -2.28. The molecule has 1 aromatic carbocycles. The highest BCUT2D eigenvalue weighted by atomic mass is 14.9. The van der Waals surface area contributed by atoms with E-state index >= 15 is 0 Å². The van der Waals surface area contributed by atoms with Crippen molar-refractivity contribution in [3.05, 3.63) is 47.5 Å². The fraction of sp³-hybridized carbons (Fsp3) is 0.231. The molecule has 2 N–H and O–H groups in total. The molecule has 0 spiro atoms. The van der Waals surface area contributed by atoms with E-state index in [0.717, 1.165) is 30.0 Å². The van der Waals surface area contributed by atoms with Gasteiger partial charge in [-0.05, 0) is 18.6 Å². The Morgan fingerprint density at radius 2 is 2.35 bits per heavy atom. The Morgan fingerprint density at radius 1 is 1.47 bits per heavy atom. The first-order valence-corrected chi connectivity index (χ1v) is 5.53. The molecule has 2 rings (SSSR count). The summed E-state index contributed by atoms with van der Waals surface area (Å²) in [5, 5.41) is 12.3. The van der Waals surface area contributed by atoms with Crippen molar-refractivity contribution >= 4 is 5.69 Å². The zero-order chi connectivity index (χ0) is 12.1. The van der Waals surface area contributed by atoms with Crippen LogP contribution in [0.15, 0.2) is 30.6 Å². The normalized spacial score (nSPS) is 9.88. The van der Waals surface area contributed by atoms with Crippen molar-refractivity contribution in [3.8, 4) is 6.07 Å². The minimum Gasteiger partial charge on any atom is -0.383 e.